The molecule has 0 radical (unpaired) electrons. The van der Waals surface area contributed by atoms with Crippen molar-refractivity contribution in [3.8, 4) is 0 Å². The first-order valence-electron chi connectivity index (χ1n) is 8.60. The van der Waals surface area contributed by atoms with Gasteiger partial charge in [-0.15, -0.1) is 0 Å². The molecule has 1 aliphatic heterocycles. The summed E-state index contributed by atoms with van der Waals surface area (Å²) in [6.45, 7) is 2.12. The van der Waals surface area contributed by atoms with Gasteiger partial charge in [0.05, 0.1) is 4.90 Å². The number of aryl methyl sites for hydroxylation is 1. The van der Waals surface area contributed by atoms with Gasteiger partial charge in [-0.3, -0.25) is 4.79 Å². The number of rotatable bonds is 4. The SMILES string of the molecule is Cc1cc(F)ccc1NC(=O)C1CCN(S(=O)(=O)c2ccc(F)cc2)CC1. The van der Waals surface area contributed by atoms with E-state index in [0.717, 1.165) is 12.1 Å². The largest absolute Gasteiger partial charge is 0.326 e. The molecule has 144 valence electrons. The normalized spacial score (nSPS) is 16.3. The third kappa shape index (κ3) is 4.33. The van der Waals surface area contributed by atoms with Gasteiger partial charge < -0.3 is 5.32 Å². The highest BCUT2D eigenvalue weighted by Gasteiger charge is 2.32. The second-order valence-electron chi connectivity index (χ2n) is 6.58. The molecule has 1 saturated heterocycles. The van der Waals surface area contributed by atoms with Crippen molar-refractivity contribution in [2.45, 2.75) is 24.7 Å². The zero-order valence-corrected chi connectivity index (χ0v) is 15.6. The average Bonchev–Trinajstić information content (AvgIpc) is 2.64. The molecular weight excluding hydrogens is 374 g/mol. The minimum Gasteiger partial charge on any atom is -0.326 e. The Hall–Kier alpha value is -2.32. The molecule has 3 rings (SSSR count). The number of hydrogen-bond donors (Lipinski definition) is 1. The Balaban J connectivity index is 1.62. The van der Waals surface area contributed by atoms with E-state index in [1.807, 2.05) is 0 Å². The summed E-state index contributed by atoms with van der Waals surface area (Å²) in [5, 5.41) is 2.78. The maximum atomic E-state index is 13.2. The van der Waals surface area contributed by atoms with Gasteiger partial charge in [0, 0.05) is 24.7 Å². The van der Waals surface area contributed by atoms with Crippen molar-refractivity contribution in [2.75, 3.05) is 18.4 Å². The first-order valence-corrected chi connectivity index (χ1v) is 10.0. The summed E-state index contributed by atoms with van der Waals surface area (Å²) in [5.74, 6) is -1.40. The molecule has 0 aliphatic carbocycles. The van der Waals surface area contributed by atoms with E-state index in [2.05, 4.69) is 5.32 Å². The number of nitrogens with zero attached hydrogens (tertiary/aromatic N) is 1. The highest BCUT2D eigenvalue weighted by molar-refractivity contribution is 7.89. The Kier molecular flexibility index (Phi) is 5.57. The number of nitrogens with one attached hydrogen (secondary N) is 1. The smallest absolute Gasteiger partial charge is 0.243 e. The molecule has 0 bridgehead atoms. The van der Waals surface area contributed by atoms with Crippen molar-refractivity contribution in [1.82, 2.24) is 4.31 Å². The van der Waals surface area contributed by atoms with E-state index < -0.39 is 15.8 Å². The van der Waals surface area contributed by atoms with Gasteiger partial charge >= 0.3 is 0 Å². The predicted molar refractivity (Wildman–Crippen MR) is 97.6 cm³/mol. The van der Waals surface area contributed by atoms with Gasteiger partial charge in [0.1, 0.15) is 11.6 Å². The van der Waals surface area contributed by atoms with Crippen LogP contribution in [-0.4, -0.2) is 31.7 Å². The third-order valence-electron chi connectivity index (χ3n) is 4.72. The molecule has 1 aliphatic rings. The molecule has 1 N–H and O–H groups in total. The summed E-state index contributed by atoms with van der Waals surface area (Å²) < 4.78 is 52.7. The first-order chi connectivity index (χ1) is 12.8. The fraction of sp³-hybridized carbons (Fsp3) is 0.316. The molecule has 0 saturated carbocycles. The van der Waals surface area contributed by atoms with Crippen LogP contribution in [0.5, 0.6) is 0 Å². The van der Waals surface area contributed by atoms with Crippen LogP contribution in [0.15, 0.2) is 47.4 Å². The van der Waals surface area contributed by atoms with Crippen molar-refractivity contribution in [3.63, 3.8) is 0 Å². The van der Waals surface area contributed by atoms with Crippen LogP contribution < -0.4 is 5.32 Å². The van der Waals surface area contributed by atoms with E-state index in [4.69, 9.17) is 0 Å². The number of carbonyl (C=O) groups is 1. The summed E-state index contributed by atoms with van der Waals surface area (Å²) in [5.41, 5.74) is 1.17. The topological polar surface area (TPSA) is 66.5 Å². The molecule has 1 heterocycles. The van der Waals surface area contributed by atoms with Crippen LogP contribution >= 0.6 is 0 Å². The molecule has 0 atom stereocenters. The highest BCUT2D eigenvalue weighted by atomic mass is 32.2. The number of amides is 1. The van der Waals surface area contributed by atoms with Gasteiger partial charge in [0.2, 0.25) is 15.9 Å². The Labute approximate surface area is 157 Å². The van der Waals surface area contributed by atoms with E-state index in [-0.39, 0.29) is 35.6 Å². The molecular formula is C19H20F2N2O3S. The Morgan fingerprint density at radius 1 is 1.04 bits per heavy atom. The average molecular weight is 394 g/mol. The van der Waals surface area contributed by atoms with Gasteiger partial charge in [0.25, 0.3) is 0 Å². The van der Waals surface area contributed by atoms with Crippen molar-refractivity contribution in [1.29, 1.82) is 0 Å². The summed E-state index contributed by atoms with van der Waals surface area (Å²) in [7, 11) is -3.70. The van der Waals surface area contributed by atoms with Gasteiger partial charge in [-0.25, -0.2) is 17.2 Å². The Morgan fingerprint density at radius 2 is 1.63 bits per heavy atom. The number of hydrogen-bond acceptors (Lipinski definition) is 3. The predicted octanol–water partition coefficient (Wildman–Crippen LogP) is 3.31. The molecule has 2 aromatic rings. The molecule has 0 unspecified atom stereocenters. The highest BCUT2D eigenvalue weighted by Crippen LogP contribution is 2.25. The lowest BCUT2D eigenvalue weighted by molar-refractivity contribution is -0.120. The maximum absolute atomic E-state index is 13.2. The van der Waals surface area contributed by atoms with Crippen molar-refractivity contribution >= 4 is 21.6 Å². The standard InChI is InChI=1S/C19H20F2N2O3S/c1-13-12-16(21)4-7-18(13)22-19(24)14-8-10-23(11-9-14)27(25,26)17-5-2-15(20)3-6-17/h2-7,12,14H,8-11H2,1H3,(H,22,24). The Bertz CT molecular complexity index is 938. The second-order valence-corrected chi connectivity index (χ2v) is 8.52. The number of anilines is 1. The van der Waals surface area contributed by atoms with Crippen LogP contribution in [-0.2, 0) is 14.8 Å². The monoisotopic (exact) mass is 394 g/mol. The third-order valence-corrected chi connectivity index (χ3v) is 6.64. The van der Waals surface area contributed by atoms with E-state index >= 15 is 0 Å². The molecule has 0 aromatic heterocycles. The van der Waals surface area contributed by atoms with Gasteiger partial charge in [-0.2, -0.15) is 4.31 Å². The maximum Gasteiger partial charge on any atom is 0.243 e. The fourth-order valence-corrected chi connectivity index (χ4v) is 4.59. The molecule has 0 spiro atoms. The van der Waals surface area contributed by atoms with Crippen LogP contribution in [0.4, 0.5) is 14.5 Å². The molecule has 8 heteroatoms. The van der Waals surface area contributed by atoms with Crippen molar-refractivity contribution < 1.29 is 22.0 Å². The van der Waals surface area contributed by atoms with Crippen LogP contribution in [0, 0.1) is 24.5 Å². The molecule has 1 amide bonds. The summed E-state index contributed by atoms with van der Waals surface area (Å²) in [6, 6.07) is 8.82. The van der Waals surface area contributed by atoms with E-state index in [1.54, 1.807) is 6.92 Å². The van der Waals surface area contributed by atoms with Gasteiger partial charge in [-0.1, -0.05) is 0 Å². The lowest BCUT2D eigenvalue weighted by Gasteiger charge is -2.30. The zero-order chi connectivity index (χ0) is 19.6. The van der Waals surface area contributed by atoms with Crippen molar-refractivity contribution in [3.05, 3.63) is 59.7 Å². The number of halogens is 2. The lowest BCUT2D eigenvalue weighted by atomic mass is 9.97. The number of sulfonamides is 1. The Morgan fingerprint density at radius 3 is 2.22 bits per heavy atom. The minimum absolute atomic E-state index is 0.0359. The van der Waals surface area contributed by atoms with Crippen molar-refractivity contribution in [2.24, 2.45) is 5.92 Å². The fourth-order valence-electron chi connectivity index (χ4n) is 3.12. The molecule has 5 nitrogen and oxygen atoms in total. The summed E-state index contributed by atoms with van der Waals surface area (Å²) >= 11 is 0. The van der Waals surface area contributed by atoms with Crippen LogP contribution in [0.2, 0.25) is 0 Å². The minimum atomic E-state index is -3.70. The molecule has 2 aromatic carbocycles. The molecule has 1 fully saturated rings. The second kappa shape index (κ2) is 7.74. The van der Waals surface area contributed by atoms with Gasteiger partial charge in [0.15, 0.2) is 0 Å². The molecule has 27 heavy (non-hydrogen) atoms. The van der Waals surface area contributed by atoms with E-state index in [9.17, 15) is 22.0 Å². The van der Waals surface area contributed by atoms with E-state index in [1.165, 1.54) is 34.6 Å². The first kappa shape index (κ1) is 19.4. The van der Waals surface area contributed by atoms with E-state index in [0.29, 0.717) is 24.1 Å². The van der Waals surface area contributed by atoms with Gasteiger partial charge in [-0.05, 0) is 67.8 Å². The summed E-state index contributed by atoms with van der Waals surface area (Å²) in [4.78, 5) is 12.5. The van der Waals surface area contributed by atoms with Crippen LogP contribution in [0.1, 0.15) is 18.4 Å². The summed E-state index contributed by atoms with van der Waals surface area (Å²) in [6.07, 6.45) is 0.763. The lowest BCUT2D eigenvalue weighted by Crippen LogP contribution is -2.41. The number of carbonyl (C=O) groups excluding carboxylic acids is 1. The number of piperidine rings is 1. The quantitative estimate of drug-likeness (QED) is 0.865. The van der Waals surface area contributed by atoms with Crippen LogP contribution in [0.3, 0.4) is 0 Å². The van der Waals surface area contributed by atoms with Crippen LogP contribution in [0.25, 0.3) is 0 Å². The zero-order valence-electron chi connectivity index (χ0n) is 14.8. The number of benzene rings is 2.